The van der Waals surface area contributed by atoms with E-state index in [1.165, 1.54) is 12.1 Å². The third-order valence-corrected chi connectivity index (χ3v) is 4.60. The molecule has 0 aliphatic carbocycles. The Morgan fingerprint density at radius 2 is 1.68 bits per heavy atom. The topological polar surface area (TPSA) is 12.0 Å². The zero-order chi connectivity index (χ0) is 18.6. The van der Waals surface area contributed by atoms with E-state index in [2.05, 4.69) is 27.8 Å². The first-order chi connectivity index (χ1) is 12.0. The van der Waals surface area contributed by atoms with Gasteiger partial charge in [0, 0.05) is 10.2 Å². The van der Waals surface area contributed by atoms with Gasteiger partial charge in [0.15, 0.2) is 0 Å². The molecule has 0 amide bonds. The van der Waals surface area contributed by atoms with E-state index in [-0.39, 0.29) is 10.9 Å². The van der Waals surface area contributed by atoms with E-state index in [1.54, 1.807) is 0 Å². The highest BCUT2D eigenvalue weighted by Gasteiger charge is 2.27. The van der Waals surface area contributed by atoms with Crippen molar-refractivity contribution in [2.45, 2.75) is 25.6 Å². The van der Waals surface area contributed by atoms with Gasteiger partial charge < -0.3 is 5.32 Å². The standard InChI is InChI=1S/C18H13BrClF2N.C2H6/c1-10-14(20)9-13(11-5-3-2-4-6-11)18(23-10)17-15(21)7-12(19)8-16(17)22;1-2/h2-8,14,23H,1,9H2;1-2H3. The molecule has 132 valence electrons. The lowest BCUT2D eigenvalue weighted by Crippen LogP contribution is -2.26. The second kappa shape index (κ2) is 8.63. The summed E-state index contributed by atoms with van der Waals surface area (Å²) in [7, 11) is 0. The number of rotatable bonds is 2. The fourth-order valence-corrected chi connectivity index (χ4v) is 3.23. The number of alkyl halides is 1. The zero-order valence-electron chi connectivity index (χ0n) is 14.0. The number of nitrogens with one attached hydrogen (secondary N) is 1. The van der Waals surface area contributed by atoms with Crippen LogP contribution in [-0.2, 0) is 0 Å². The highest BCUT2D eigenvalue weighted by molar-refractivity contribution is 9.10. The van der Waals surface area contributed by atoms with Crippen molar-refractivity contribution in [1.29, 1.82) is 0 Å². The molecule has 5 heteroatoms. The fraction of sp³-hybridized carbons (Fsp3) is 0.200. The molecule has 3 rings (SSSR count). The van der Waals surface area contributed by atoms with Crippen molar-refractivity contribution in [3.05, 3.63) is 82.0 Å². The molecule has 25 heavy (non-hydrogen) atoms. The van der Waals surface area contributed by atoms with Gasteiger partial charge in [-0.1, -0.05) is 66.7 Å². The van der Waals surface area contributed by atoms with Gasteiger partial charge in [-0.3, -0.25) is 0 Å². The molecule has 0 saturated heterocycles. The van der Waals surface area contributed by atoms with Crippen molar-refractivity contribution in [3.63, 3.8) is 0 Å². The van der Waals surface area contributed by atoms with Gasteiger partial charge in [-0.25, -0.2) is 8.78 Å². The monoisotopic (exact) mass is 425 g/mol. The summed E-state index contributed by atoms with van der Waals surface area (Å²) < 4.78 is 29.2. The van der Waals surface area contributed by atoms with Crippen LogP contribution < -0.4 is 5.32 Å². The van der Waals surface area contributed by atoms with E-state index in [9.17, 15) is 8.78 Å². The number of halogens is 4. The summed E-state index contributed by atoms with van der Waals surface area (Å²) in [6, 6.07) is 11.9. The van der Waals surface area contributed by atoms with Crippen LogP contribution in [0.3, 0.4) is 0 Å². The van der Waals surface area contributed by atoms with Crippen LogP contribution in [0, 0.1) is 11.6 Å². The molecule has 0 bridgehead atoms. The maximum absolute atomic E-state index is 14.4. The van der Waals surface area contributed by atoms with E-state index >= 15 is 0 Å². The molecular weight excluding hydrogens is 408 g/mol. The maximum atomic E-state index is 14.4. The Bertz CT molecular complexity index is 780. The molecule has 2 aromatic carbocycles. The lowest BCUT2D eigenvalue weighted by atomic mass is 9.91. The normalized spacial score (nSPS) is 16.9. The highest BCUT2D eigenvalue weighted by atomic mass is 79.9. The smallest absolute Gasteiger partial charge is 0.136 e. The Hall–Kier alpha value is -1.65. The molecule has 2 aromatic rings. The predicted molar refractivity (Wildman–Crippen MR) is 105 cm³/mol. The lowest BCUT2D eigenvalue weighted by Gasteiger charge is -2.28. The molecule has 1 N–H and O–H groups in total. The van der Waals surface area contributed by atoms with Gasteiger partial charge in [-0.05, 0) is 29.7 Å². The maximum Gasteiger partial charge on any atom is 0.136 e. The van der Waals surface area contributed by atoms with Crippen molar-refractivity contribution >= 4 is 38.8 Å². The fourth-order valence-electron chi connectivity index (χ4n) is 2.61. The number of benzene rings is 2. The molecule has 1 heterocycles. The first-order valence-electron chi connectivity index (χ1n) is 8.00. The first-order valence-corrected chi connectivity index (χ1v) is 9.23. The van der Waals surface area contributed by atoms with Crippen LogP contribution in [-0.4, -0.2) is 5.38 Å². The van der Waals surface area contributed by atoms with Gasteiger partial charge in [0.1, 0.15) is 11.6 Å². The van der Waals surface area contributed by atoms with E-state index in [0.29, 0.717) is 22.3 Å². The van der Waals surface area contributed by atoms with Crippen molar-refractivity contribution in [1.82, 2.24) is 5.32 Å². The van der Waals surface area contributed by atoms with Crippen LogP contribution >= 0.6 is 27.5 Å². The van der Waals surface area contributed by atoms with Crippen LogP contribution in [0.4, 0.5) is 8.78 Å². The van der Waals surface area contributed by atoms with Crippen molar-refractivity contribution in [2.75, 3.05) is 0 Å². The van der Waals surface area contributed by atoms with Crippen LogP contribution in [0.1, 0.15) is 31.4 Å². The number of hydrogen-bond donors (Lipinski definition) is 1. The predicted octanol–water partition coefficient (Wildman–Crippen LogP) is 6.74. The Balaban J connectivity index is 0.00000109. The molecule has 0 spiro atoms. The average Bonchev–Trinajstić information content (AvgIpc) is 2.59. The second-order valence-electron chi connectivity index (χ2n) is 5.29. The Labute approximate surface area is 160 Å². The summed E-state index contributed by atoms with van der Waals surface area (Å²) in [4.78, 5) is 0. The van der Waals surface area contributed by atoms with Gasteiger partial charge in [0.25, 0.3) is 0 Å². The first kappa shape index (κ1) is 19.7. The van der Waals surface area contributed by atoms with E-state index in [0.717, 1.165) is 11.1 Å². The Morgan fingerprint density at radius 3 is 2.24 bits per heavy atom. The summed E-state index contributed by atoms with van der Waals surface area (Å²) in [5.41, 5.74) is 2.44. The minimum atomic E-state index is -0.645. The molecule has 1 atom stereocenters. The molecule has 0 fully saturated rings. The van der Waals surface area contributed by atoms with Gasteiger partial charge in [-0.2, -0.15) is 0 Å². The van der Waals surface area contributed by atoms with Gasteiger partial charge >= 0.3 is 0 Å². The van der Waals surface area contributed by atoms with E-state index < -0.39 is 11.6 Å². The Morgan fingerprint density at radius 1 is 1.12 bits per heavy atom. The SMILES string of the molecule is C=C1NC(c2c(F)cc(Br)cc2F)=C(c2ccccc2)CC1Cl.CC. The van der Waals surface area contributed by atoms with Crippen molar-refractivity contribution in [3.8, 4) is 0 Å². The highest BCUT2D eigenvalue weighted by Crippen LogP contribution is 2.38. The quantitative estimate of drug-likeness (QED) is 0.525. The van der Waals surface area contributed by atoms with Crippen LogP contribution in [0.15, 0.2) is 59.2 Å². The molecule has 1 aliphatic heterocycles. The zero-order valence-corrected chi connectivity index (χ0v) is 16.4. The molecular formula is C20H19BrClF2N. The minimum absolute atomic E-state index is 0.100. The largest absolute Gasteiger partial charge is 0.357 e. The molecule has 0 saturated carbocycles. The lowest BCUT2D eigenvalue weighted by molar-refractivity contribution is 0.573. The molecule has 0 radical (unpaired) electrons. The van der Waals surface area contributed by atoms with E-state index in [4.69, 9.17) is 11.6 Å². The summed E-state index contributed by atoms with van der Waals surface area (Å²) in [5, 5.41) is 2.65. The van der Waals surface area contributed by atoms with Crippen molar-refractivity contribution in [2.24, 2.45) is 0 Å². The molecule has 0 aromatic heterocycles. The average molecular weight is 427 g/mol. The summed E-state index contributed by atoms with van der Waals surface area (Å²) in [6.45, 7) is 7.84. The Kier molecular flexibility index (Phi) is 6.79. The van der Waals surface area contributed by atoms with Crippen LogP contribution in [0.2, 0.25) is 0 Å². The third-order valence-electron chi connectivity index (χ3n) is 3.73. The summed E-state index contributed by atoms with van der Waals surface area (Å²) in [5.74, 6) is -1.29. The van der Waals surface area contributed by atoms with Gasteiger partial charge in [0.05, 0.1) is 16.6 Å². The molecule has 1 aliphatic rings. The van der Waals surface area contributed by atoms with Crippen molar-refractivity contribution < 1.29 is 8.78 Å². The molecule has 1 unspecified atom stereocenters. The summed E-state index contributed by atoms with van der Waals surface area (Å²) >= 11 is 9.38. The van der Waals surface area contributed by atoms with Crippen LogP contribution in [0.5, 0.6) is 0 Å². The second-order valence-corrected chi connectivity index (χ2v) is 6.73. The van der Waals surface area contributed by atoms with Gasteiger partial charge in [0.2, 0.25) is 0 Å². The minimum Gasteiger partial charge on any atom is -0.357 e. The number of hydrogen-bond acceptors (Lipinski definition) is 1. The van der Waals surface area contributed by atoms with E-state index in [1.807, 2.05) is 44.2 Å². The van der Waals surface area contributed by atoms with Gasteiger partial charge in [-0.15, -0.1) is 11.6 Å². The molecule has 1 nitrogen and oxygen atoms in total. The summed E-state index contributed by atoms with van der Waals surface area (Å²) in [6.07, 6.45) is 0.446. The number of allylic oxidation sites excluding steroid dienone is 2. The van der Waals surface area contributed by atoms with Crippen LogP contribution in [0.25, 0.3) is 11.3 Å². The third kappa shape index (κ3) is 4.31.